The lowest BCUT2D eigenvalue weighted by Gasteiger charge is -2.35. The minimum Gasteiger partial charge on any atom is -0.312 e. The lowest BCUT2D eigenvalue weighted by atomic mass is 9.84. The quantitative estimate of drug-likeness (QED) is 0.839. The fourth-order valence-electron chi connectivity index (χ4n) is 3.02. The molecule has 0 bridgehead atoms. The van der Waals surface area contributed by atoms with Gasteiger partial charge in [0.2, 0.25) is 0 Å². The first-order chi connectivity index (χ1) is 8.57. The van der Waals surface area contributed by atoms with Gasteiger partial charge in [-0.3, -0.25) is 0 Å². The zero-order valence-electron chi connectivity index (χ0n) is 10.6. The van der Waals surface area contributed by atoms with Crippen molar-refractivity contribution in [3.63, 3.8) is 0 Å². The van der Waals surface area contributed by atoms with E-state index in [1.54, 1.807) is 0 Å². The molecule has 1 aliphatic carbocycles. The number of halogens is 3. The number of nitrogens with one attached hydrogen (secondary N) is 1. The summed E-state index contributed by atoms with van der Waals surface area (Å²) in [4.78, 5) is 0. The van der Waals surface area contributed by atoms with Gasteiger partial charge in [0.1, 0.15) is 0 Å². The molecule has 106 valence electrons. The van der Waals surface area contributed by atoms with Gasteiger partial charge in [0.25, 0.3) is 0 Å². The van der Waals surface area contributed by atoms with Crippen molar-refractivity contribution >= 4 is 11.8 Å². The predicted molar refractivity (Wildman–Crippen MR) is 69.9 cm³/mol. The number of hydrogen-bond donors (Lipinski definition) is 1. The minimum absolute atomic E-state index is 0.305. The summed E-state index contributed by atoms with van der Waals surface area (Å²) in [6.07, 6.45) is 2.25. The van der Waals surface area contributed by atoms with Gasteiger partial charge in [0.15, 0.2) is 0 Å². The molecule has 18 heavy (non-hydrogen) atoms. The molecule has 0 spiro atoms. The minimum atomic E-state index is -4.03. The summed E-state index contributed by atoms with van der Waals surface area (Å²) in [7, 11) is 0. The first-order valence-corrected chi connectivity index (χ1v) is 8.04. The predicted octanol–water partition coefficient (Wildman–Crippen LogP) is 3.98. The van der Waals surface area contributed by atoms with E-state index in [0.717, 1.165) is 25.8 Å². The Morgan fingerprint density at radius 1 is 1.00 bits per heavy atom. The molecule has 3 atom stereocenters. The van der Waals surface area contributed by atoms with E-state index < -0.39 is 12.1 Å². The summed E-state index contributed by atoms with van der Waals surface area (Å²) < 4.78 is 38.7. The molecule has 0 radical (unpaired) electrons. The van der Waals surface area contributed by atoms with E-state index in [4.69, 9.17) is 0 Å². The Kier molecular flexibility index (Phi) is 5.24. The average Bonchev–Trinajstić information content (AvgIpc) is 2.37. The highest BCUT2D eigenvalue weighted by atomic mass is 32.2. The first-order valence-electron chi connectivity index (χ1n) is 6.99. The van der Waals surface area contributed by atoms with E-state index in [-0.39, 0.29) is 6.04 Å². The molecule has 1 saturated carbocycles. The Balaban J connectivity index is 1.81. The van der Waals surface area contributed by atoms with Crippen LogP contribution in [0.4, 0.5) is 13.2 Å². The van der Waals surface area contributed by atoms with Crippen molar-refractivity contribution < 1.29 is 13.2 Å². The summed E-state index contributed by atoms with van der Waals surface area (Å²) in [5, 5.41) is 3.73. The van der Waals surface area contributed by atoms with E-state index in [1.165, 1.54) is 18.6 Å². The molecule has 0 aromatic carbocycles. The average molecular weight is 281 g/mol. The maximum atomic E-state index is 12.9. The van der Waals surface area contributed by atoms with Crippen LogP contribution in [0.25, 0.3) is 0 Å². The molecule has 2 fully saturated rings. The third-order valence-corrected chi connectivity index (χ3v) is 5.47. The largest absolute Gasteiger partial charge is 0.393 e. The van der Waals surface area contributed by atoms with Crippen LogP contribution in [-0.2, 0) is 0 Å². The topological polar surface area (TPSA) is 12.0 Å². The van der Waals surface area contributed by atoms with Gasteiger partial charge in [-0.1, -0.05) is 19.3 Å². The summed E-state index contributed by atoms with van der Waals surface area (Å²) in [6.45, 7) is 0.752. The number of rotatable bonds is 3. The zero-order chi connectivity index (χ0) is 13.0. The SMILES string of the molecule is FC(F)(F)C1CCCCC1NCC1CCCCS1. The molecular weight excluding hydrogens is 259 g/mol. The van der Waals surface area contributed by atoms with Crippen molar-refractivity contribution in [3.8, 4) is 0 Å². The highest BCUT2D eigenvalue weighted by Crippen LogP contribution is 2.38. The van der Waals surface area contributed by atoms with Crippen molar-refractivity contribution in [3.05, 3.63) is 0 Å². The maximum absolute atomic E-state index is 12.9. The lowest BCUT2D eigenvalue weighted by Crippen LogP contribution is -2.47. The van der Waals surface area contributed by atoms with Crippen LogP contribution in [0.1, 0.15) is 44.9 Å². The molecule has 0 aromatic heterocycles. The van der Waals surface area contributed by atoms with E-state index in [1.807, 2.05) is 11.8 Å². The molecule has 1 aliphatic heterocycles. The van der Waals surface area contributed by atoms with Crippen LogP contribution in [-0.4, -0.2) is 29.8 Å². The van der Waals surface area contributed by atoms with Crippen LogP contribution in [0, 0.1) is 5.92 Å². The Morgan fingerprint density at radius 3 is 2.39 bits per heavy atom. The fraction of sp³-hybridized carbons (Fsp3) is 1.00. The lowest BCUT2D eigenvalue weighted by molar-refractivity contribution is -0.188. The first kappa shape index (κ1) is 14.5. The van der Waals surface area contributed by atoms with E-state index >= 15 is 0 Å². The molecule has 1 N–H and O–H groups in total. The highest BCUT2D eigenvalue weighted by Gasteiger charge is 2.45. The van der Waals surface area contributed by atoms with Gasteiger partial charge in [0, 0.05) is 17.8 Å². The standard InChI is InChI=1S/C13H22F3NS/c14-13(15,16)11-6-1-2-7-12(11)17-9-10-5-3-4-8-18-10/h10-12,17H,1-9H2. The van der Waals surface area contributed by atoms with Crippen LogP contribution in [0.3, 0.4) is 0 Å². The van der Waals surface area contributed by atoms with Gasteiger partial charge in [-0.25, -0.2) is 0 Å². The number of thioether (sulfide) groups is 1. The van der Waals surface area contributed by atoms with Crippen LogP contribution in [0.5, 0.6) is 0 Å². The molecule has 1 heterocycles. The van der Waals surface area contributed by atoms with Crippen molar-refractivity contribution in [1.82, 2.24) is 5.32 Å². The fourth-order valence-corrected chi connectivity index (χ4v) is 4.27. The maximum Gasteiger partial charge on any atom is 0.393 e. The molecule has 1 nitrogen and oxygen atoms in total. The zero-order valence-corrected chi connectivity index (χ0v) is 11.5. The van der Waals surface area contributed by atoms with Crippen molar-refractivity contribution in [2.75, 3.05) is 12.3 Å². The summed E-state index contributed by atoms with van der Waals surface area (Å²) >= 11 is 1.92. The van der Waals surface area contributed by atoms with Crippen LogP contribution >= 0.6 is 11.8 Å². The van der Waals surface area contributed by atoms with Crippen LogP contribution in [0.15, 0.2) is 0 Å². The molecule has 0 aromatic rings. The van der Waals surface area contributed by atoms with Gasteiger partial charge >= 0.3 is 6.18 Å². The number of hydrogen-bond acceptors (Lipinski definition) is 2. The second-order valence-electron chi connectivity index (χ2n) is 5.44. The van der Waals surface area contributed by atoms with Crippen molar-refractivity contribution in [1.29, 1.82) is 0 Å². The Morgan fingerprint density at radius 2 is 1.72 bits per heavy atom. The number of alkyl halides is 3. The molecule has 0 amide bonds. The van der Waals surface area contributed by atoms with E-state index in [9.17, 15) is 13.2 Å². The van der Waals surface area contributed by atoms with Crippen LogP contribution in [0.2, 0.25) is 0 Å². The second-order valence-corrected chi connectivity index (χ2v) is 6.84. The second kappa shape index (κ2) is 6.51. The highest BCUT2D eigenvalue weighted by molar-refractivity contribution is 7.99. The Hall–Kier alpha value is 0.100. The Bertz CT molecular complexity index is 251. The van der Waals surface area contributed by atoms with Crippen molar-refractivity contribution in [2.45, 2.75) is 62.4 Å². The van der Waals surface area contributed by atoms with Crippen LogP contribution < -0.4 is 5.32 Å². The van der Waals surface area contributed by atoms with Gasteiger partial charge in [-0.2, -0.15) is 24.9 Å². The van der Waals surface area contributed by atoms with E-state index in [0.29, 0.717) is 18.1 Å². The smallest absolute Gasteiger partial charge is 0.312 e. The monoisotopic (exact) mass is 281 g/mol. The molecule has 2 aliphatic rings. The Labute approximate surface area is 111 Å². The summed E-state index contributed by atoms with van der Waals surface area (Å²) in [5.41, 5.74) is 0. The third kappa shape index (κ3) is 4.05. The molecule has 2 rings (SSSR count). The van der Waals surface area contributed by atoms with Gasteiger partial charge < -0.3 is 5.32 Å². The van der Waals surface area contributed by atoms with Gasteiger partial charge in [-0.15, -0.1) is 0 Å². The van der Waals surface area contributed by atoms with Crippen molar-refractivity contribution in [2.24, 2.45) is 5.92 Å². The van der Waals surface area contributed by atoms with Gasteiger partial charge in [-0.05, 0) is 31.4 Å². The normalized spacial score (nSPS) is 34.5. The summed E-state index contributed by atoms with van der Waals surface area (Å²) in [5.74, 6) is 0.0412. The molecule has 5 heteroatoms. The third-order valence-electron chi connectivity index (χ3n) is 4.07. The van der Waals surface area contributed by atoms with E-state index in [2.05, 4.69) is 5.32 Å². The molecule has 3 unspecified atom stereocenters. The molecular formula is C13H22F3NS. The summed E-state index contributed by atoms with van der Waals surface area (Å²) in [6, 6.07) is -0.346. The van der Waals surface area contributed by atoms with Gasteiger partial charge in [0.05, 0.1) is 5.92 Å². The molecule has 1 saturated heterocycles.